The maximum Gasteiger partial charge on any atom is 0.408 e. The molecule has 0 heterocycles. The minimum absolute atomic E-state index is 0.0859. The third-order valence-electron chi connectivity index (χ3n) is 6.80. The molecular weight excluding hydrogens is 520 g/mol. The van der Waals surface area contributed by atoms with Crippen LogP contribution in [0.1, 0.15) is 123 Å². The fourth-order valence-electron chi connectivity index (χ4n) is 4.72. The number of aryl methyl sites for hydroxylation is 1. The Morgan fingerprint density at radius 2 is 1.51 bits per heavy atom. The lowest BCUT2D eigenvalue weighted by Crippen LogP contribution is -2.54. The van der Waals surface area contributed by atoms with Crippen molar-refractivity contribution < 1.29 is 23.9 Å². The lowest BCUT2D eigenvalue weighted by atomic mass is 9.99. The molecule has 4 amide bonds. The zero-order valence-corrected chi connectivity index (χ0v) is 26.4. The van der Waals surface area contributed by atoms with E-state index in [0.717, 1.165) is 56.9 Å². The summed E-state index contributed by atoms with van der Waals surface area (Å²) in [7, 11) is 0. The first-order valence-electron chi connectivity index (χ1n) is 15.3. The zero-order valence-electron chi connectivity index (χ0n) is 26.4. The molecule has 1 aromatic rings. The van der Waals surface area contributed by atoms with Crippen LogP contribution in [0.2, 0.25) is 0 Å². The molecule has 0 aliphatic rings. The largest absolute Gasteiger partial charge is 0.444 e. The van der Waals surface area contributed by atoms with E-state index in [1.54, 1.807) is 20.8 Å². The number of alkyl carbamates (subject to hydrolysis) is 1. The molecule has 0 spiro atoms. The fraction of sp³-hybridized carbons (Fsp3) is 0.688. The molecule has 41 heavy (non-hydrogen) atoms. The number of nitrogens with one attached hydrogen (secondary N) is 2. The molecule has 0 bridgehead atoms. The molecule has 0 aliphatic carbocycles. The molecule has 0 fully saturated rings. The summed E-state index contributed by atoms with van der Waals surface area (Å²) in [4.78, 5) is 54.2. The van der Waals surface area contributed by atoms with Crippen molar-refractivity contribution >= 4 is 23.8 Å². The van der Waals surface area contributed by atoms with E-state index in [1.807, 2.05) is 31.2 Å². The first kappa shape index (κ1) is 35.9. The highest BCUT2D eigenvalue weighted by Gasteiger charge is 2.37. The van der Waals surface area contributed by atoms with Gasteiger partial charge in [0.25, 0.3) is 0 Å². The van der Waals surface area contributed by atoms with Gasteiger partial charge in [0.15, 0.2) is 0 Å². The normalized spacial score (nSPS) is 13.5. The summed E-state index contributed by atoms with van der Waals surface area (Å²) in [5, 5.41) is 5.62. The van der Waals surface area contributed by atoms with E-state index in [-0.39, 0.29) is 18.5 Å². The van der Waals surface area contributed by atoms with Crippen LogP contribution in [0.15, 0.2) is 24.3 Å². The van der Waals surface area contributed by atoms with Crippen LogP contribution in [-0.2, 0) is 25.5 Å². The lowest BCUT2D eigenvalue weighted by Gasteiger charge is -2.35. The van der Waals surface area contributed by atoms with Gasteiger partial charge in [0, 0.05) is 12.6 Å². The van der Waals surface area contributed by atoms with E-state index in [1.165, 1.54) is 4.90 Å². The minimum Gasteiger partial charge on any atom is -0.444 e. The molecule has 0 aliphatic heterocycles. The van der Waals surface area contributed by atoms with Crippen molar-refractivity contribution in [1.82, 2.24) is 15.5 Å². The summed E-state index contributed by atoms with van der Waals surface area (Å²) in [5.41, 5.74) is 6.47. The Morgan fingerprint density at radius 3 is 2.05 bits per heavy atom. The van der Waals surface area contributed by atoms with Crippen molar-refractivity contribution in [2.24, 2.45) is 5.73 Å². The zero-order chi connectivity index (χ0) is 31.0. The van der Waals surface area contributed by atoms with E-state index >= 15 is 0 Å². The third kappa shape index (κ3) is 13.9. The molecule has 4 N–H and O–H groups in total. The summed E-state index contributed by atoms with van der Waals surface area (Å²) < 4.78 is 5.36. The topological polar surface area (TPSA) is 131 Å². The van der Waals surface area contributed by atoms with Crippen molar-refractivity contribution in [2.75, 3.05) is 6.54 Å². The number of hydrogen-bond donors (Lipinski definition) is 3. The summed E-state index contributed by atoms with van der Waals surface area (Å²) >= 11 is 0. The van der Waals surface area contributed by atoms with Gasteiger partial charge < -0.3 is 26.0 Å². The first-order valence-corrected chi connectivity index (χ1v) is 15.3. The second-order valence-corrected chi connectivity index (χ2v) is 11.9. The highest BCUT2D eigenvalue weighted by atomic mass is 16.6. The van der Waals surface area contributed by atoms with Gasteiger partial charge in [-0.3, -0.25) is 14.4 Å². The summed E-state index contributed by atoms with van der Waals surface area (Å²) in [6.07, 6.45) is 7.24. The number of nitrogens with zero attached hydrogens (tertiary/aromatic N) is 1. The Labute approximate surface area is 247 Å². The third-order valence-corrected chi connectivity index (χ3v) is 6.80. The number of amides is 4. The van der Waals surface area contributed by atoms with Gasteiger partial charge in [-0.25, -0.2) is 4.79 Å². The van der Waals surface area contributed by atoms with Gasteiger partial charge >= 0.3 is 6.09 Å². The van der Waals surface area contributed by atoms with Gasteiger partial charge in [0.1, 0.15) is 17.7 Å². The van der Waals surface area contributed by atoms with Gasteiger partial charge in [-0.15, -0.1) is 0 Å². The predicted molar refractivity (Wildman–Crippen MR) is 163 cm³/mol. The SMILES string of the molecule is CCCCCCCCN(C(=O)C(CC(N)=O)NC(=O)OC(C)(C)C)C(C(=O)NC(C)CCC)c1ccc(CC)cc1. The monoisotopic (exact) mass is 574 g/mol. The molecule has 232 valence electrons. The molecule has 0 saturated heterocycles. The van der Waals surface area contributed by atoms with Crippen molar-refractivity contribution in [3.63, 3.8) is 0 Å². The minimum atomic E-state index is -1.28. The predicted octanol–water partition coefficient (Wildman–Crippen LogP) is 5.55. The quantitative estimate of drug-likeness (QED) is 0.198. The fourth-order valence-corrected chi connectivity index (χ4v) is 4.72. The van der Waals surface area contributed by atoms with Crippen molar-refractivity contribution in [1.29, 1.82) is 0 Å². The van der Waals surface area contributed by atoms with Gasteiger partial charge in [-0.2, -0.15) is 0 Å². The van der Waals surface area contributed by atoms with Crippen LogP contribution in [0, 0.1) is 0 Å². The maximum atomic E-state index is 14.2. The van der Waals surface area contributed by atoms with Gasteiger partial charge in [-0.05, 0) is 58.1 Å². The first-order chi connectivity index (χ1) is 19.3. The van der Waals surface area contributed by atoms with Gasteiger partial charge in [0.2, 0.25) is 17.7 Å². The molecular formula is C32H54N4O5. The molecule has 1 rings (SSSR count). The Balaban J connectivity index is 3.49. The number of carbonyl (C=O) groups is 4. The van der Waals surface area contributed by atoms with Crippen LogP contribution in [-0.4, -0.2) is 52.9 Å². The Bertz CT molecular complexity index is 958. The van der Waals surface area contributed by atoms with E-state index in [0.29, 0.717) is 12.0 Å². The van der Waals surface area contributed by atoms with E-state index in [4.69, 9.17) is 10.5 Å². The molecule has 0 saturated carbocycles. The summed E-state index contributed by atoms with van der Waals surface area (Å²) in [6, 6.07) is 5.35. The molecule has 1 aromatic carbocycles. The highest BCUT2D eigenvalue weighted by molar-refractivity contribution is 5.94. The van der Waals surface area contributed by atoms with Crippen molar-refractivity contribution in [2.45, 2.75) is 136 Å². The molecule has 3 atom stereocenters. The van der Waals surface area contributed by atoms with Crippen LogP contribution in [0.3, 0.4) is 0 Å². The van der Waals surface area contributed by atoms with E-state index in [9.17, 15) is 19.2 Å². The Hall–Kier alpha value is -3.10. The second kappa shape index (κ2) is 18.4. The number of ether oxygens (including phenoxy) is 1. The molecule has 9 heteroatoms. The average molecular weight is 575 g/mol. The van der Waals surface area contributed by atoms with E-state index < -0.39 is 42.0 Å². The van der Waals surface area contributed by atoms with Gasteiger partial charge in [-0.1, -0.05) is 83.6 Å². The molecule has 3 unspecified atom stereocenters. The van der Waals surface area contributed by atoms with Crippen LogP contribution >= 0.6 is 0 Å². The van der Waals surface area contributed by atoms with Crippen molar-refractivity contribution in [3.05, 3.63) is 35.4 Å². The van der Waals surface area contributed by atoms with Crippen LogP contribution in [0.4, 0.5) is 4.79 Å². The second-order valence-electron chi connectivity index (χ2n) is 11.9. The Kier molecular flexibility index (Phi) is 16.1. The smallest absolute Gasteiger partial charge is 0.408 e. The molecule has 0 aromatic heterocycles. The number of carbonyl (C=O) groups excluding carboxylic acids is 4. The lowest BCUT2D eigenvalue weighted by molar-refractivity contribution is -0.143. The highest BCUT2D eigenvalue weighted by Crippen LogP contribution is 2.25. The van der Waals surface area contributed by atoms with E-state index in [2.05, 4.69) is 31.4 Å². The molecule has 0 radical (unpaired) electrons. The van der Waals surface area contributed by atoms with Gasteiger partial charge in [0.05, 0.1) is 6.42 Å². The number of rotatable bonds is 18. The average Bonchev–Trinajstić information content (AvgIpc) is 2.88. The Morgan fingerprint density at radius 1 is 0.902 bits per heavy atom. The number of benzene rings is 1. The number of hydrogen-bond acceptors (Lipinski definition) is 5. The standard InChI is InChI=1S/C32H54N4O5/c1-8-11-12-13-14-15-21-36(30(39)26(22-27(33)37)35-31(40)41-32(5,6)7)28(29(38)34-23(4)16-9-2)25-19-17-24(10-3)18-20-25/h17-20,23,26,28H,8-16,21-22H2,1-7H3,(H2,33,37)(H,34,38)(H,35,40). The number of unbranched alkanes of at least 4 members (excludes halogenated alkanes) is 5. The van der Waals surface area contributed by atoms with Crippen LogP contribution in [0.25, 0.3) is 0 Å². The maximum absolute atomic E-state index is 14.2. The molecule has 9 nitrogen and oxygen atoms in total. The summed E-state index contributed by atoms with van der Waals surface area (Å²) in [6.45, 7) is 13.6. The summed E-state index contributed by atoms with van der Waals surface area (Å²) in [5.74, 6) is -1.60. The number of primary amides is 1. The van der Waals surface area contributed by atoms with Crippen LogP contribution < -0.4 is 16.4 Å². The number of nitrogens with two attached hydrogens (primary N) is 1. The van der Waals surface area contributed by atoms with Crippen molar-refractivity contribution in [3.8, 4) is 0 Å². The van der Waals surface area contributed by atoms with Crippen LogP contribution in [0.5, 0.6) is 0 Å².